The highest BCUT2D eigenvalue weighted by atomic mass is 35.5. The van der Waals surface area contributed by atoms with Crippen LogP contribution in [0.2, 0.25) is 5.02 Å². The summed E-state index contributed by atoms with van der Waals surface area (Å²) in [5.74, 6) is 0. The average molecular weight is 231 g/mol. The Morgan fingerprint density at radius 2 is 2.27 bits per heavy atom. The molecule has 1 aromatic rings. The smallest absolute Gasteiger partial charge is 0.276 e. The zero-order chi connectivity index (χ0) is 11.6. The van der Waals surface area contributed by atoms with Crippen LogP contribution in [0.5, 0.6) is 0 Å². The quantitative estimate of drug-likeness (QED) is 0.607. The molecule has 0 aliphatic rings. The summed E-state index contributed by atoms with van der Waals surface area (Å²) in [5.41, 5.74) is 4.49. The maximum atomic E-state index is 10.7. The molecular formula is C9H11ClN2O3. The number of nitrogens with zero attached hydrogens (tertiary/aromatic N) is 1. The van der Waals surface area contributed by atoms with Gasteiger partial charge in [-0.2, -0.15) is 0 Å². The van der Waals surface area contributed by atoms with Crippen molar-refractivity contribution >= 4 is 17.3 Å². The summed E-state index contributed by atoms with van der Waals surface area (Å²) >= 11 is 5.84. The Bertz CT molecular complexity index is 393. The lowest BCUT2D eigenvalue weighted by Gasteiger charge is -2.22. The largest absolute Gasteiger partial charge is 0.394 e. The van der Waals surface area contributed by atoms with E-state index in [1.807, 2.05) is 0 Å². The Morgan fingerprint density at radius 3 is 2.73 bits per heavy atom. The Balaban J connectivity index is 3.44. The monoisotopic (exact) mass is 230 g/mol. The zero-order valence-electron chi connectivity index (χ0n) is 8.11. The second kappa shape index (κ2) is 4.14. The Kier molecular flexibility index (Phi) is 3.28. The topological polar surface area (TPSA) is 89.4 Å². The number of nitro groups is 1. The highest BCUT2D eigenvalue weighted by Crippen LogP contribution is 2.33. The predicted octanol–water partition coefficient (Wildman–Crippen LogP) is 1.41. The molecule has 1 unspecified atom stereocenters. The molecule has 0 radical (unpaired) electrons. The number of aliphatic hydroxyl groups excluding tert-OH is 1. The summed E-state index contributed by atoms with van der Waals surface area (Å²) < 4.78 is 0. The minimum atomic E-state index is -1.22. The summed E-state index contributed by atoms with van der Waals surface area (Å²) in [5, 5.41) is 20.0. The summed E-state index contributed by atoms with van der Waals surface area (Å²) in [6, 6.07) is 4.28. The van der Waals surface area contributed by atoms with Crippen LogP contribution in [0.4, 0.5) is 5.69 Å². The third kappa shape index (κ3) is 2.26. The first kappa shape index (κ1) is 11.9. The van der Waals surface area contributed by atoms with Crippen LogP contribution >= 0.6 is 11.6 Å². The van der Waals surface area contributed by atoms with Crippen LogP contribution in [0.25, 0.3) is 0 Å². The molecule has 1 rings (SSSR count). The third-order valence-electron chi connectivity index (χ3n) is 2.09. The van der Waals surface area contributed by atoms with Crippen LogP contribution in [-0.2, 0) is 5.54 Å². The molecule has 0 bridgehead atoms. The van der Waals surface area contributed by atoms with Crippen molar-refractivity contribution in [2.45, 2.75) is 12.5 Å². The number of hydrogen-bond donors (Lipinski definition) is 2. The summed E-state index contributed by atoms with van der Waals surface area (Å²) in [7, 11) is 0. The van der Waals surface area contributed by atoms with Crippen LogP contribution in [0.1, 0.15) is 12.5 Å². The van der Waals surface area contributed by atoms with Crippen molar-refractivity contribution in [3.63, 3.8) is 0 Å². The van der Waals surface area contributed by atoms with Crippen molar-refractivity contribution in [2.24, 2.45) is 5.73 Å². The molecule has 1 atom stereocenters. The van der Waals surface area contributed by atoms with E-state index in [2.05, 4.69) is 0 Å². The third-order valence-corrected chi connectivity index (χ3v) is 2.40. The number of halogens is 1. The van der Waals surface area contributed by atoms with Gasteiger partial charge in [-0.15, -0.1) is 0 Å². The number of aliphatic hydroxyl groups is 1. The minimum Gasteiger partial charge on any atom is -0.394 e. The minimum absolute atomic E-state index is 0.152. The van der Waals surface area contributed by atoms with Gasteiger partial charge in [-0.1, -0.05) is 17.7 Å². The lowest BCUT2D eigenvalue weighted by atomic mass is 9.92. The molecule has 0 aliphatic heterocycles. The van der Waals surface area contributed by atoms with E-state index in [1.54, 1.807) is 0 Å². The van der Waals surface area contributed by atoms with Crippen LogP contribution in [0, 0.1) is 10.1 Å². The standard InChI is InChI=1S/C9H11ClN2O3/c1-9(11,5-13)8-6(10)3-2-4-7(8)12(14)15/h2-4,13H,5,11H2,1H3. The Hall–Kier alpha value is -1.17. The number of nitro benzene ring substituents is 1. The molecule has 6 heteroatoms. The van der Waals surface area contributed by atoms with E-state index >= 15 is 0 Å². The van der Waals surface area contributed by atoms with Crippen LogP contribution in [0.15, 0.2) is 18.2 Å². The maximum Gasteiger partial charge on any atom is 0.276 e. The van der Waals surface area contributed by atoms with Gasteiger partial charge in [-0.25, -0.2) is 0 Å². The number of hydrogen-bond acceptors (Lipinski definition) is 4. The molecule has 0 aliphatic carbocycles. The van der Waals surface area contributed by atoms with Gasteiger partial charge in [0.1, 0.15) is 0 Å². The van der Waals surface area contributed by atoms with Crippen molar-refractivity contribution < 1.29 is 10.0 Å². The fourth-order valence-corrected chi connectivity index (χ4v) is 1.69. The number of benzene rings is 1. The highest BCUT2D eigenvalue weighted by molar-refractivity contribution is 6.31. The van der Waals surface area contributed by atoms with Crippen molar-refractivity contribution in [2.75, 3.05) is 6.61 Å². The first-order chi connectivity index (χ1) is 6.90. The van der Waals surface area contributed by atoms with Crippen LogP contribution < -0.4 is 5.73 Å². The van der Waals surface area contributed by atoms with Crippen molar-refractivity contribution in [3.05, 3.63) is 38.9 Å². The van der Waals surface area contributed by atoms with Gasteiger partial charge >= 0.3 is 0 Å². The van der Waals surface area contributed by atoms with Crippen LogP contribution in [-0.4, -0.2) is 16.6 Å². The Labute approximate surface area is 91.6 Å². The van der Waals surface area contributed by atoms with Gasteiger partial charge < -0.3 is 10.8 Å². The summed E-state index contributed by atoms with van der Waals surface area (Å²) in [4.78, 5) is 10.2. The van der Waals surface area contributed by atoms with Crippen molar-refractivity contribution in [3.8, 4) is 0 Å². The molecule has 5 nitrogen and oxygen atoms in total. The molecule has 0 amide bonds. The molecular weight excluding hydrogens is 220 g/mol. The molecule has 0 saturated heterocycles. The molecule has 0 aromatic heterocycles. The fourth-order valence-electron chi connectivity index (χ4n) is 1.31. The van der Waals surface area contributed by atoms with Crippen molar-refractivity contribution in [1.82, 2.24) is 0 Å². The first-order valence-electron chi connectivity index (χ1n) is 4.23. The molecule has 0 saturated carbocycles. The normalized spacial score (nSPS) is 14.7. The van der Waals surface area contributed by atoms with Gasteiger partial charge in [0, 0.05) is 6.07 Å². The molecule has 1 aromatic carbocycles. The van der Waals surface area contributed by atoms with Gasteiger partial charge in [0.2, 0.25) is 0 Å². The molecule has 0 fully saturated rings. The fraction of sp³-hybridized carbons (Fsp3) is 0.333. The predicted molar refractivity (Wildman–Crippen MR) is 56.7 cm³/mol. The van der Waals surface area contributed by atoms with Gasteiger partial charge in [0.05, 0.1) is 27.7 Å². The van der Waals surface area contributed by atoms with E-state index in [-0.39, 0.29) is 16.3 Å². The van der Waals surface area contributed by atoms with E-state index in [4.69, 9.17) is 22.4 Å². The molecule has 3 N–H and O–H groups in total. The van der Waals surface area contributed by atoms with E-state index in [1.165, 1.54) is 25.1 Å². The summed E-state index contributed by atoms with van der Waals surface area (Å²) in [6.07, 6.45) is 0. The van der Waals surface area contributed by atoms with Crippen molar-refractivity contribution in [1.29, 1.82) is 0 Å². The molecule has 0 heterocycles. The average Bonchev–Trinajstić information content (AvgIpc) is 2.17. The van der Waals surface area contributed by atoms with Gasteiger partial charge in [-0.05, 0) is 13.0 Å². The highest BCUT2D eigenvalue weighted by Gasteiger charge is 2.31. The SMILES string of the molecule is CC(N)(CO)c1c(Cl)cccc1[N+](=O)[O-]. The van der Waals surface area contributed by atoms with Gasteiger partial charge in [0.15, 0.2) is 0 Å². The van der Waals surface area contributed by atoms with E-state index in [9.17, 15) is 10.1 Å². The molecule has 0 spiro atoms. The first-order valence-corrected chi connectivity index (χ1v) is 4.61. The van der Waals surface area contributed by atoms with E-state index < -0.39 is 17.1 Å². The zero-order valence-corrected chi connectivity index (χ0v) is 8.86. The Morgan fingerprint density at radius 1 is 1.67 bits per heavy atom. The van der Waals surface area contributed by atoms with E-state index in [0.29, 0.717) is 0 Å². The van der Waals surface area contributed by atoms with Gasteiger partial charge in [-0.3, -0.25) is 10.1 Å². The second-order valence-corrected chi connectivity index (χ2v) is 3.87. The van der Waals surface area contributed by atoms with Crippen LogP contribution in [0.3, 0.4) is 0 Å². The lowest BCUT2D eigenvalue weighted by Crippen LogP contribution is -2.37. The number of rotatable bonds is 3. The maximum absolute atomic E-state index is 10.7. The van der Waals surface area contributed by atoms with E-state index in [0.717, 1.165) is 0 Å². The van der Waals surface area contributed by atoms with Gasteiger partial charge in [0.25, 0.3) is 5.69 Å². The molecule has 82 valence electrons. The summed E-state index contributed by atoms with van der Waals surface area (Å²) in [6.45, 7) is 1.07. The second-order valence-electron chi connectivity index (χ2n) is 3.47. The molecule has 15 heavy (non-hydrogen) atoms. The lowest BCUT2D eigenvalue weighted by molar-refractivity contribution is -0.386. The number of nitrogens with two attached hydrogens (primary N) is 1.